The molecule has 0 aromatic carbocycles. The van der Waals surface area contributed by atoms with E-state index in [-0.39, 0.29) is 17.3 Å². The largest absolute Gasteiger partial charge is 0.378 e. The second-order valence-corrected chi connectivity index (χ2v) is 8.32. The number of ketones is 2. The van der Waals surface area contributed by atoms with Crippen LogP contribution in [-0.2, 0) is 4.74 Å². The number of aromatic nitrogens is 4. The van der Waals surface area contributed by atoms with Gasteiger partial charge in [0.15, 0.2) is 16.7 Å². The Hall–Kier alpha value is -2.13. The van der Waals surface area contributed by atoms with Gasteiger partial charge in [-0.25, -0.2) is 0 Å². The number of carbonyl (C=O) groups is 2. The van der Waals surface area contributed by atoms with E-state index in [4.69, 9.17) is 4.74 Å². The molecular formula is C19H25N5O3S. The van der Waals surface area contributed by atoms with E-state index in [1.165, 1.54) is 18.7 Å². The van der Waals surface area contributed by atoms with Crippen molar-refractivity contribution in [2.24, 2.45) is 0 Å². The molecule has 2 aliphatic rings. The standard InChI is InChI=1S/C19H25N5O3S/c1-11-16(13(3)25)12(2)20-17(11)15(26)10-28-19-22-21-18(24(19)14-4-5-14)23-6-8-27-9-7-23/h14,20H,4-10H2,1-3H3. The van der Waals surface area contributed by atoms with E-state index in [2.05, 4.69) is 24.6 Å². The lowest BCUT2D eigenvalue weighted by Gasteiger charge is -2.27. The summed E-state index contributed by atoms with van der Waals surface area (Å²) in [4.78, 5) is 29.9. The molecule has 150 valence electrons. The highest BCUT2D eigenvalue weighted by atomic mass is 32.2. The lowest BCUT2D eigenvalue weighted by Crippen LogP contribution is -2.38. The van der Waals surface area contributed by atoms with Crippen LogP contribution >= 0.6 is 11.8 Å². The minimum Gasteiger partial charge on any atom is -0.378 e. The molecule has 0 radical (unpaired) electrons. The number of Topliss-reactive ketones (excluding diaryl/α,β-unsaturated/α-hetero) is 2. The highest BCUT2D eigenvalue weighted by molar-refractivity contribution is 7.99. The van der Waals surface area contributed by atoms with E-state index in [0.29, 0.717) is 30.5 Å². The van der Waals surface area contributed by atoms with Crippen LogP contribution in [0.15, 0.2) is 5.16 Å². The molecule has 0 bridgehead atoms. The van der Waals surface area contributed by atoms with E-state index in [0.717, 1.165) is 48.3 Å². The van der Waals surface area contributed by atoms with E-state index >= 15 is 0 Å². The van der Waals surface area contributed by atoms with Crippen LogP contribution < -0.4 is 4.90 Å². The number of rotatable bonds is 7. The molecule has 2 fully saturated rings. The average Bonchev–Trinajstić information content (AvgIpc) is 3.35. The molecule has 1 aliphatic heterocycles. The Morgan fingerprint density at radius 2 is 1.93 bits per heavy atom. The van der Waals surface area contributed by atoms with Crippen LogP contribution in [0.25, 0.3) is 0 Å². The molecule has 0 amide bonds. The van der Waals surface area contributed by atoms with Gasteiger partial charge in [-0.15, -0.1) is 10.2 Å². The maximum Gasteiger partial charge on any atom is 0.228 e. The first-order valence-corrected chi connectivity index (χ1v) is 10.6. The predicted octanol–water partition coefficient (Wildman–Crippen LogP) is 2.57. The summed E-state index contributed by atoms with van der Waals surface area (Å²) in [6, 6.07) is 0.421. The average molecular weight is 404 g/mol. The van der Waals surface area contributed by atoms with Gasteiger partial charge in [-0.05, 0) is 39.2 Å². The minimum absolute atomic E-state index is 0.0263. The SMILES string of the molecule is CC(=O)c1c(C)[nH]c(C(=O)CSc2nnc(N3CCOCC3)n2C2CC2)c1C. The van der Waals surface area contributed by atoms with Gasteiger partial charge in [-0.1, -0.05) is 11.8 Å². The number of aromatic amines is 1. The molecule has 0 unspecified atom stereocenters. The second kappa shape index (κ2) is 7.71. The first-order valence-electron chi connectivity index (χ1n) is 9.61. The number of ether oxygens (including phenoxy) is 1. The van der Waals surface area contributed by atoms with E-state index < -0.39 is 0 Å². The summed E-state index contributed by atoms with van der Waals surface area (Å²) in [6.07, 6.45) is 2.24. The molecule has 4 rings (SSSR count). The molecular weight excluding hydrogens is 378 g/mol. The third-order valence-corrected chi connectivity index (χ3v) is 6.20. The van der Waals surface area contributed by atoms with Gasteiger partial charge >= 0.3 is 0 Å². The molecule has 2 aromatic rings. The summed E-state index contributed by atoms with van der Waals surface area (Å²) in [5.41, 5.74) is 2.60. The lowest BCUT2D eigenvalue weighted by atomic mass is 10.1. The lowest BCUT2D eigenvalue weighted by molar-refractivity contribution is 0.101. The van der Waals surface area contributed by atoms with Crippen molar-refractivity contribution in [2.45, 2.75) is 44.8 Å². The third kappa shape index (κ3) is 3.60. The fourth-order valence-corrected chi connectivity index (χ4v) is 4.63. The highest BCUT2D eigenvalue weighted by Crippen LogP contribution is 2.41. The van der Waals surface area contributed by atoms with Crippen molar-refractivity contribution in [2.75, 3.05) is 37.0 Å². The molecule has 2 aromatic heterocycles. The molecule has 1 aliphatic carbocycles. The molecule has 1 saturated carbocycles. The van der Waals surface area contributed by atoms with Crippen LogP contribution in [-0.4, -0.2) is 63.4 Å². The fourth-order valence-electron chi connectivity index (χ4n) is 3.76. The Labute approximate surface area is 168 Å². The van der Waals surface area contributed by atoms with Crippen molar-refractivity contribution in [1.29, 1.82) is 0 Å². The number of carbonyl (C=O) groups excluding carboxylic acids is 2. The van der Waals surface area contributed by atoms with Gasteiger partial charge in [-0.2, -0.15) is 0 Å². The number of hydrogen-bond donors (Lipinski definition) is 1. The van der Waals surface area contributed by atoms with Crippen molar-refractivity contribution in [1.82, 2.24) is 19.7 Å². The van der Waals surface area contributed by atoms with Crippen molar-refractivity contribution < 1.29 is 14.3 Å². The van der Waals surface area contributed by atoms with E-state index in [1.54, 1.807) is 0 Å². The summed E-state index contributed by atoms with van der Waals surface area (Å²) in [5, 5.41) is 9.56. The molecule has 9 heteroatoms. The van der Waals surface area contributed by atoms with Crippen molar-refractivity contribution in [3.63, 3.8) is 0 Å². The predicted molar refractivity (Wildman–Crippen MR) is 107 cm³/mol. The fraction of sp³-hybridized carbons (Fsp3) is 0.579. The zero-order valence-electron chi connectivity index (χ0n) is 16.4. The van der Waals surface area contributed by atoms with Crippen LogP contribution in [0.2, 0.25) is 0 Å². The summed E-state index contributed by atoms with van der Waals surface area (Å²) in [5.74, 6) is 1.08. The Balaban J connectivity index is 1.51. The minimum atomic E-state index is -0.0311. The normalized spacial score (nSPS) is 17.2. The molecule has 0 spiro atoms. The first-order chi connectivity index (χ1) is 13.5. The van der Waals surface area contributed by atoms with Crippen LogP contribution in [0.1, 0.15) is 57.9 Å². The molecule has 3 heterocycles. The van der Waals surface area contributed by atoms with Gasteiger partial charge in [0.25, 0.3) is 0 Å². The number of anilines is 1. The van der Waals surface area contributed by atoms with Gasteiger partial charge in [-0.3, -0.25) is 14.2 Å². The van der Waals surface area contributed by atoms with Gasteiger partial charge in [0, 0.05) is 30.4 Å². The molecule has 1 N–H and O–H groups in total. The van der Waals surface area contributed by atoms with Crippen LogP contribution in [0.3, 0.4) is 0 Å². The highest BCUT2D eigenvalue weighted by Gasteiger charge is 2.32. The van der Waals surface area contributed by atoms with Crippen LogP contribution in [0, 0.1) is 13.8 Å². The Morgan fingerprint density at radius 3 is 2.54 bits per heavy atom. The zero-order chi connectivity index (χ0) is 19.8. The maximum absolute atomic E-state index is 12.8. The van der Waals surface area contributed by atoms with Crippen LogP contribution in [0.4, 0.5) is 5.95 Å². The Morgan fingerprint density at radius 1 is 1.21 bits per heavy atom. The van der Waals surface area contributed by atoms with E-state index in [1.807, 2.05) is 13.8 Å². The van der Waals surface area contributed by atoms with Gasteiger partial charge in [0.2, 0.25) is 5.95 Å². The molecule has 0 atom stereocenters. The third-order valence-electron chi connectivity index (χ3n) is 5.25. The number of hydrogen-bond acceptors (Lipinski definition) is 7. The van der Waals surface area contributed by atoms with Crippen molar-refractivity contribution >= 4 is 29.3 Å². The second-order valence-electron chi connectivity index (χ2n) is 7.38. The summed E-state index contributed by atoms with van der Waals surface area (Å²) in [7, 11) is 0. The summed E-state index contributed by atoms with van der Waals surface area (Å²) < 4.78 is 7.61. The van der Waals surface area contributed by atoms with Gasteiger partial charge in [0.05, 0.1) is 24.7 Å². The molecule has 1 saturated heterocycles. The number of nitrogens with zero attached hydrogens (tertiary/aromatic N) is 4. The summed E-state index contributed by atoms with van der Waals surface area (Å²) >= 11 is 1.41. The zero-order valence-corrected chi connectivity index (χ0v) is 17.3. The number of thioether (sulfide) groups is 1. The van der Waals surface area contributed by atoms with Crippen molar-refractivity contribution in [3.8, 4) is 0 Å². The molecule has 8 nitrogen and oxygen atoms in total. The molecule has 28 heavy (non-hydrogen) atoms. The number of morpholine rings is 1. The van der Waals surface area contributed by atoms with Gasteiger partial charge in [0.1, 0.15) is 0 Å². The first kappa shape index (κ1) is 19.2. The summed E-state index contributed by atoms with van der Waals surface area (Å²) in [6.45, 7) is 8.18. The Kier molecular flexibility index (Phi) is 5.29. The van der Waals surface area contributed by atoms with E-state index in [9.17, 15) is 9.59 Å². The quantitative estimate of drug-likeness (QED) is 0.561. The number of H-pyrrole nitrogens is 1. The topological polar surface area (TPSA) is 93.1 Å². The number of nitrogens with one attached hydrogen (secondary N) is 1. The number of aryl methyl sites for hydroxylation is 1. The van der Waals surface area contributed by atoms with Gasteiger partial charge < -0.3 is 14.6 Å². The Bertz CT molecular complexity index is 909. The van der Waals surface area contributed by atoms with Crippen molar-refractivity contribution in [3.05, 3.63) is 22.5 Å². The monoisotopic (exact) mass is 403 g/mol. The van der Waals surface area contributed by atoms with Crippen LogP contribution in [0.5, 0.6) is 0 Å². The maximum atomic E-state index is 12.8. The smallest absolute Gasteiger partial charge is 0.228 e.